The third-order valence-corrected chi connectivity index (χ3v) is 7.56. The van der Waals surface area contributed by atoms with Crippen LogP contribution in [-0.4, -0.2) is 30.4 Å². The first kappa shape index (κ1) is 26.5. The molecule has 1 aliphatic carbocycles. The second-order valence-electron chi connectivity index (χ2n) is 10.3. The Labute approximate surface area is 236 Å². The zero-order chi connectivity index (χ0) is 27.0. The predicted octanol–water partition coefficient (Wildman–Crippen LogP) is 6.71. The highest BCUT2D eigenvalue weighted by Gasteiger charge is 2.52. The quantitative estimate of drug-likeness (QED) is 0.203. The van der Waals surface area contributed by atoms with Crippen LogP contribution in [0.2, 0.25) is 0 Å². The molecule has 1 aliphatic heterocycles. The smallest absolute Gasteiger partial charge is 0.133 e. The van der Waals surface area contributed by atoms with E-state index in [-0.39, 0.29) is 18.1 Å². The fraction of sp³-hybridized carbons (Fsp3) is 0.257. The second kappa shape index (κ2) is 13.1. The van der Waals surface area contributed by atoms with Crippen molar-refractivity contribution in [1.29, 1.82) is 0 Å². The molecule has 40 heavy (non-hydrogen) atoms. The second-order valence-corrected chi connectivity index (χ2v) is 10.3. The van der Waals surface area contributed by atoms with Crippen LogP contribution in [0.15, 0.2) is 133 Å². The molecule has 1 saturated heterocycles. The Hall–Kier alpha value is -3.74. The largest absolute Gasteiger partial charge is 0.490 e. The van der Waals surface area contributed by atoms with Crippen molar-refractivity contribution in [1.82, 2.24) is 5.06 Å². The molecule has 0 saturated carbocycles. The molecule has 4 aromatic rings. The van der Waals surface area contributed by atoms with Gasteiger partial charge < -0.3 is 14.2 Å². The number of ether oxygens (including phenoxy) is 3. The summed E-state index contributed by atoms with van der Waals surface area (Å²) >= 11 is 0. The summed E-state index contributed by atoms with van der Waals surface area (Å²) in [4.78, 5) is 6.32. The predicted molar refractivity (Wildman–Crippen MR) is 155 cm³/mol. The standard InChI is InChI=1S/C35H35NO4/c1-5-13-27(14-6-1)21-36-33-31(26-40-36)32(25-37-22-28-15-7-2-8-16-28)34(38-23-29-17-9-3-10-18-29)35(33)39-24-30-19-11-4-12-20-30/h1-20,31,33,35H,21-26H2/t31-,33-,35+/m1/s1. The van der Waals surface area contributed by atoms with Crippen molar-refractivity contribution in [3.63, 3.8) is 0 Å². The number of rotatable bonds is 12. The number of fused-ring (bicyclic) bond motifs is 1. The monoisotopic (exact) mass is 533 g/mol. The number of benzene rings is 4. The molecule has 1 heterocycles. The van der Waals surface area contributed by atoms with Gasteiger partial charge in [-0.05, 0) is 22.3 Å². The first-order valence-corrected chi connectivity index (χ1v) is 14.0. The maximum atomic E-state index is 6.71. The van der Waals surface area contributed by atoms with E-state index in [2.05, 4.69) is 65.7 Å². The molecular formula is C35H35NO4. The SMILES string of the molecule is c1ccc(COCC2=C(OCc3ccccc3)[C@@H](OCc3ccccc3)[C@H]3[C@@H]2CON3Cc2ccccc2)cc1. The fourth-order valence-electron chi connectivity index (χ4n) is 5.54. The molecule has 2 aliphatic rings. The Morgan fingerprint density at radius 3 is 1.73 bits per heavy atom. The molecule has 0 spiro atoms. The van der Waals surface area contributed by atoms with E-state index in [1.54, 1.807) is 0 Å². The van der Waals surface area contributed by atoms with E-state index >= 15 is 0 Å². The van der Waals surface area contributed by atoms with Crippen LogP contribution in [-0.2, 0) is 45.4 Å². The van der Waals surface area contributed by atoms with Crippen LogP contribution in [0.1, 0.15) is 22.3 Å². The lowest BCUT2D eigenvalue weighted by Crippen LogP contribution is -2.40. The number of nitrogens with zero attached hydrogens (tertiary/aromatic N) is 1. The van der Waals surface area contributed by atoms with Gasteiger partial charge in [-0.2, -0.15) is 5.06 Å². The summed E-state index contributed by atoms with van der Waals surface area (Å²) in [5.74, 6) is 0.996. The van der Waals surface area contributed by atoms with Crippen molar-refractivity contribution in [3.8, 4) is 0 Å². The van der Waals surface area contributed by atoms with E-state index in [1.807, 2.05) is 60.7 Å². The Morgan fingerprint density at radius 1 is 0.600 bits per heavy atom. The Bertz CT molecular complexity index is 1360. The Morgan fingerprint density at radius 2 is 1.12 bits per heavy atom. The van der Waals surface area contributed by atoms with Gasteiger partial charge in [0.1, 0.15) is 18.5 Å². The van der Waals surface area contributed by atoms with Gasteiger partial charge in [-0.25, -0.2) is 0 Å². The van der Waals surface area contributed by atoms with Crippen LogP contribution in [0, 0.1) is 5.92 Å². The molecule has 0 unspecified atom stereocenters. The molecule has 1 fully saturated rings. The highest BCUT2D eigenvalue weighted by molar-refractivity contribution is 5.31. The first-order valence-electron chi connectivity index (χ1n) is 14.0. The lowest BCUT2D eigenvalue weighted by Gasteiger charge is -2.29. The van der Waals surface area contributed by atoms with Gasteiger partial charge >= 0.3 is 0 Å². The summed E-state index contributed by atoms with van der Waals surface area (Å²) in [6.45, 7) is 3.22. The van der Waals surface area contributed by atoms with E-state index in [1.165, 1.54) is 5.56 Å². The fourth-order valence-corrected chi connectivity index (χ4v) is 5.54. The van der Waals surface area contributed by atoms with Crippen LogP contribution in [0.5, 0.6) is 0 Å². The molecule has 0 amide bonds. The van der Waals surface area contributed by atoms with Gasteiger partial charge in [0.05, 0.1) is 32.5 Å². The minimum atomic E-state index is -0.282. The van der Waals surface area contributed by atoms with Crippen LogP contribution in [0.3, 0.4) is 0 Å². The summed E-state index contributed by atoms with van der Waals surface area (Å²) in [7, 11) is 0. The van der Waals surface area contributed by atoms with Crippen molar-refractivity contribution in [2.45, 2.75) is 38.5 Å². The molecule has 0 N–H and O–H groups in total. The molecule has 0 bridgehead atoms. The van der Waals surface area contributed by atoms with Crippen molar-refractivity contribution in [3.05, 3.63) is 155 Å². The summed E-state index contributed by atoms with van der Waals surface area (Å²) in [6.07, 6.45) is -0.282. The summed E-state index contributed by atoms with van der Waals surface area (Å²) in [5, 5.41) is 2.09. The lowest BCUT2D eigenvalue weighted by molar-refractivity contribution is -0.165. The molecular weight excluding hydrogens is 498 g/mol. The Kier molecular flexibility index (Phi) is 8.66. The van der Waals surface area contributed by atoms with E-state index in [0.717, 1.165) is 28.0 Å². The lowest BCUT2D eigenvalue weighted by atomic mass is 9.98. The highest BCUT2D eigenvalue weighted by Crippen LogP contribution is 2.44. The Balaban J connectivity index is 1.28. The van der Waals surface area contributed by atoms with E-state index in [9.17, 15) is 0 Å². The molecule has 6 rings (SSSR count). The molecule has 5 heteroatoms. The normalized spacial score (nSPS) is 20.6. The van der Waals surface area contributed by atoms with Gasteiger partial charge in [0, 0.05) is 18.0 Å². The van der Waals surface area contributed by atoms with Crippen molar-refractivity contribution in [2.24, 2.45) is 5.92 Å². The van der Waals surface area contributed by atoms with Gasteiger partial charge in [0.2, 0.25) is 0 Å². The van der Waals surface area contributed by atoms with Gasteiger partial charge in [0.15, 0.2) is 0 Å². The molecule has 204 valence electrons. The van der Waals surface area contributed by atoms with Crippen LogP contribution in [0.4, 0.5) is 0 Å². The molecule has 5 nitrogen and oxygen atoms in total. The average Bonchev–Trinajstić information content (AvgIpc) is 3.55. The minimum Gasteiger partial charge on any atom is -0.490 e. The van der Waals surface area contributed by atoms with Crippen LogP contribution >= 0.6 is 0 Å². The van der Waals surface area contributed by atoms with Crippen molar-refractivity contribution >= 4 is 0 Å². The zero-order valence-electron chi connectivity index (χ0n) is 22.6. The molecule has 0 radical (unpaired) electrons. The van der Waals surface area contributed by atoms with Gasteiger partial charge in [-0.15, -0.1) is 0 Å². The van der Waals surface area contributed by atoms with Gasteiger partial charge in [0.25, 0.3) is 0 Å². The average molecular weight is 534 g/mol. The molecule has 0 aromatic heterocycles. The third kappa shape index (κ3) is 6.35. The van der Waals surface area contributed by atoms with E-state index in [4.69, 9.17) is 19.0 Å². The van der Waals surface area contributed by atoms with E-state index < -0.39 is 0 Å². The maximum absolute atomic E-state index is 6.71. The third-order valence-electron chi connectivity index (χ3n) is 7.56. The minimum absolute atomic E-state index is 0.00924. The topological polar surface area (TPSA) is 40.2 Å². The first-order chi connectivity index (χ1) is 19.8. The maximum Gasteiger partial charge on any atom is 0.133 e. The summed E-state index contributed by atoms with van der Waals surface area (Å²) in [5.41, 5.74) is 5.73. The number of hydroxylamine groups is 2. The number of hydrogen-bond donors (Lipinski definition) is 0. The van der Waals surface area contributed by atoms with Crippen molar-refractivity contribution < 1.29 is 19.0 Å². The van der Waals surface area contributed by atoms with Gasteiger partial charge in [-0.1, -0.05) is 121 Å². The summed E-state index contributed by atoms with van der Waals surface area (Å²) < 4.78 is 19.6. The van der Waals surface area contributed by atoms with E-state index in [0.29, 0.717) is 39.6 Å². The van der Waals surface area contributed by atoms with Crippen LogP contribution in [0.25, 0.3) is 0 Å². The highest BCUT2D eigenvalue weighted by atomic mass is 16.7. The summed E-state index contributed by atoms with van der Waals surface area (Å²) in [6, 6.07) is 41.3. The molecule has 3 atom stereocenters. The molecule has 4 aromatic carbocycles. The van der Waals surface area contributed by atoms with Crippen LogP contribution < -0.4 is 0 Å². The number of hydrogen-bond acceptors (Lipinski definition) is 5. The van der Waals surface area contributed by atoms with Crippen molar-refractivity contribution in [2.75, 3.05) is 13.2 Å². The van der Waals surface area contributed by atoms with Gasteiger partial charge in [-0.3, -0.25) is 4.84 Å². The zero-order valence-corrected chi connectivity index (χ0v) is 22.6.